The van der Waals surface area contributed by atoms with E-state index < -0.39 is 60.0 Å². The highest BCUT2D eigenvalue weighted by atomic mass is 32.2. The van der Waals surface area contributed by atoms with Gasteiger partial charge in [0.2, 0.25) is 5.16 Å². The number of amides is 3. The Morgan fingerprint density at radius 2 is 1.95 bits per heavy atom. The van der Waals surface area contributed by atoms with E-state index in [2.05, 4.69) is 26.2 Å². The van der Waals surface area contributed by atoms with E-state index in [1.807, 2.05) is 0 Å². The monoisotopic (exact) mass is 608 g/mol. The number of tetrazole rings is 1. The van der Waals surface area contributed by atoms with Crippen molar-refractivity contribution in [3.63, 3.8) is 0 Å². The number of carboxylic acid groups (broad SMARTS) is 2. The highest BCUT2D eigenvalue weighted by Crippen LogP contribution is 2.41. The maximum atomic E-state index is 12.9. The van der Waals surface area contributed by atoms with Crippen molar-refractivity contribution in [1.82, 2.24) is 30.4 Å². The Bertz CT molecular complexity index is 1400. The number of hydrogen-bond donors (Lipinski definition) is 6. The van der Waals surface area contributed by atoms with Crippen LogP contribution >= 0.6 is 23.5 Å². The Hall–Kier alpha value is -4.20. The molecule has 0 aliphatic carbocycles. The van der Waals surface area contributed by atoms with E-state index >= 15 is 0 Å². The van der Waals surface area contributed by atoms with Crippen LogP contribution in [0.2, 0.25) is 0 Å². The number of aliphatic carboxylic acids is 2. The maximum Gasteiger partial charge on any atom is 0.411 e. The van der Waals surface area contributed by atoms with Crippen molar-refractivity contribution >= 4 is 59.1 Å². The molecule has 4 rings (SSSR count). The molecule has 0 spiro atoms. The highest BCUT2D eigenvalue weighted by Gasteiger charge is 2.54. The van der Waals surface area contributed by atoms with Crippen molar-refractivity contribution < 1.29 is 44.0 Å². The molecule has 4 atom stereocenters. The molecule has 2 aliphatic rings. The van der Waals surface area contributed by atoms with E-state index in [9.17, 15) is 34.2 Å². The van der Waals surface area contributed by atoms with Crippen LogP contribution < -0.4 is 16.4 Å². The number of nitrogens with zero attached hydrogens (tertiary/aromatic N) is 5. The van der Waals surface area contributed by atoms with E-state index in [0.29, 0.717) is 16.5 Å². The molecule has 2 aliphatic heterocycles. The minimum Gasteiger partial charge on any atom is -0.480 e. The summed E-state index contributed by atoms with van der Waals surface area (Å²) in [6.45, 7) is -0.542. The topological polar surface area (TPSA) is 252 Å². The number of rotatable bonds is 11. The lowest BCUT2D eigenvalue weighted by Gasteiger charge is -2.49. The van der Waals surface area contributed by atoms with E-state index in [0.717, 1.165) is 4.90 Å². The summed E-state index contributed by atoms with van der Waals surface area (Å²) in [5.41, 5.74) is 6.00. The standard InChI is InChI=1S/C22H24N8O9S2/c1-29-21(26-27-28-29)41-8-10-7-40-18-13(17(33)30(18)14(10)20(36)37)25-16(32)15(31)9-2-4-11(5-3-9)24-22(38)39-6-12(23)19(34)35/h2-5,12-13,15,18,31H,6-8,23H2,1H3,(H,24,38)(H,25,32)(H,34,35)(H,36,37)/t12-,13-,15-,18-/m1/s1. The molecule has 0 saturated carbocycles. The Balaban J connectivity index is 1.33. The lowest BCUT2D eigenvalue weighted by Crippen LogP contribution is -2.70. The lowest BCUT2D eigenvalue weighted by atomic mass is 10.0. The van der Waals surface area contributed by atoms with Crippen molar-refractivity contribution in [1.29, 1.82) is 0 Å². The third-order valence-corrected chi connectivity index (χ3v) is 8.37. The van der Waals surface area contributed by atoms with Crippen LogP contribution in [-0.4, -0.2) is 106 Å². The number of aromatic nitrogens is 4. The van der Waals surface area contributed by atoms with Gasteiger partial charge in [-0.2, -0.15) is 0 Å². The number of ether oxygens (including phenoxy) is 1. The number of anilines is 1. The average molecular weight is 609 g/mol. The van der Waals surface area contributed by atoms with Crippen molar-refractivity contribution in [3.8, 4) is 0 Å². The number of fused-ring (bicyclic) bond motifs is 1. The number of aryl methyl sites for hydroxylation is 1. The first-order valence-electron chi connectivity index (χ1n) is 11.7. The average Bonchev–Trinajstić information content (AvgIpc) is 3.36. The predicted octanol–water partition coefficient (Wildman–Crippen LogP) is -1.27. The number of carbonyl (C=O) groups is 5. The number of aliphatic hydroxyl groups excluding tert-OH is 1. The Kier molecular flexibility index (Phi) is 9.11. The molecule has 19 heteroatoms. The van der Waals surface area contributed by atoms with E-state index in [1.165, 1.54) is 52.5 Å². The minimum atomic E-state index is -1.67. The minimum absolute atomic E-state index is 0.151. The van der Waals surface area contributed by atoms with Gasteiger partial charge in [-0.1, -0.05) is 23.9 Å². The summed E-state index contributed by atoms with van der Waals surface area (Å²) < 4.78 is 6.15. The molecule has 218 valence electrons. The molecule has 1 aromatic carbocycles. The number of nitrogens with two attached hydrogens (primary N) is 1. The van der Waals surface area contributed by atoms with Gasteiger partial charge in [-0.15, -0.1) is 16.9 Å². The normalized spacial score (nSPS) is 19.5. The van der Waals surface area contributed by atoms with Crippen LogP contribution in [0.4, 0.5) is 10.5 Å². The first-order valence-corrected chi connectivity index (χ1v) is 13.8. The van der Waals surface area contributed by atoms with Crippen LogP contribution in [0.15, 0.2) is 40.7 Å². The van der Waals surface area contributed by atoms with Crippen molar-refractivity contribution in [2.24, 2.45) is 12.8 Å². The van der Waals surface area contributed by atoms with Gasteiger partial charge in [-0.05, 0) is 33.7 Å². The molecule has 0 bridgehead atoms. The summed E-state index contributed by atoms with van der Waals surface area (Å²) in [7, 11) is 1.65. The Labute approximate surface area is 239 Å². The number of carbonyl (C=O) groups excluding carboxylic acids is 3. The summed E-state index contributed by atoms with van der Waals surface area (Å²) in [5, 5.41) is 44.8. The Morgan fingerprint density at radius 3 is 2.56 bits per heavy atom. The summed E-state index contributed by atoms with van der Waals surface area (Å²) in [6, 6.07) is 3.04. The molecule has 1 aromatic heterocycles. The zero-order valence-electron chi connectivity index (χ0n) is 21.2. The van der Waals surface area contributed by atoms with Gasteiger partial charge in [0.25, 0.3) is 11.8 Å². The van der Waals surface area contributed by atoms with Crippen molar-refractivity contribution in [3.05, 3.63) is 41.1 Å². The van der Waals surface area contributed by atoms with Gasteiger partial charge >= 0.3 is 18.0 Å². The zero-order valence-corrected chi connectivity index (χ0v) is 22.8. The summed E-state index contributed by atoms with van der Waals surface area (Å²) in [4.78, 5) is 61.3. The molecule has 3 heterocycles. The molecule has 2 aromatic rings. The fourth-order valence-corrected chi connectivity index (χ4v) is 6.15. The smallest absolute Gasteiger partial charge is 0.411 e. The molecular formula is C22H24N8O9S2. The largest absolute Gasteiger partial charge is 0.480 e. The Morgan fingerprint density at radius 1 is 1.24 bits per heavy atom. The van der Waals surface area contributed by atoms with Gasteiger partial charge in [0.05, 0.1) is 0 Å². The molecule has 0 radical (unpaired) electrons. The number of carboxylic acids is 2. The van der Waals surface area contributed by atoms with E-state index in [-0.39, 0.29) is 22.7 Å². The quantitative estimate of drug-likeness (QED) is 0.128. The first-order chi connectivity index (χ1) is 19.5. The molecule has 1 fully saturated rings. The van der Waals surface area contributed by atoms with Crippen LogP contribution in [-0.2, 0) is 31.0 Å². The van der Waals surface area contributed by atoms with Crippen LogP contribution in [0, 0.1) is 0 Å². The number of β-lactam (4-membered cyclic amide) rings is 1. The molecule has 7 N–H and O–H groups in total. The van der Waals surface area contributed by atoms with Crippen LogP contribution in [0.3, 0.4) is 0 Å². The molecule has 17 nitrogen and oxygen atoms in total. The van der Waals surface area contributed by atoms with Gasteiger partial charge in [-0.25, -0.2) is 14.3 Å². The zero-order chi connectivity index (χ0) is 29.8. The molecular weight excluding hydrogens is 584 g/mol. The number of nitrogens with one attached hydrogen (secondary N) is 2. The van der Waals surface area contributed by atoms with E-state index in [4.69, 9.17) is 15.6 Å². The van der Waals surface area contributed by atoms with E-state index in [1.54, 1.807) is 7.05 Å². The van der Waals surface area contributed by atoms with Gasteiger partial charge < -0.3 is 31.1 Å². The maximum absolute atomic E-state index is 12.9. The summed E-state index contributed by atoms with van der Waals surface area (Å²) in [5.74, 6) is -3.56. The van der Waals surface area contributed by atoms with Gasteiger partial charge in [-0.3, -0.25) is 24.6 Å². The highest BCUT2D eigenvalue weighted by molar-refractivity contribution is 8.01. The molecule has 3 amide bonds. The second-order valence-corrected chi connectivity index (χ2v) is 10.8. The van der Waals surface area contributed by atoms with Gasteiger partial charge in [0.15, 0.2) is 6.10 Å². The second-order valence-electron chi connectivity index (χ2n) is 8.72. The fraction of sp³-hybridized carbons (Fsp3) is 0.364. The second kappa shape index (κ2) is 12.5. The molecule has 41 heavy (non-hydrogen) atoms. The predicted molar refractivity (Wildman–Crippen MR) is 141 cm³/mol. The van der Waals surface area contributed by atoms with Crippen LogP contribution in [0.25, 0.3) is 0 Å². The number of benzene rings is 1. The van der Waals surface area contributed by atoms with Crippen LogP contribution in [0.5, 0.6) is 0 Å². The third kappa shape index (κ3) is 6.59. The lowest BCUT2D eigenvalue weighted by molar-refractivity contribution is -0.151. The first kappa shape index (κ1) is 29.8. The summed E-state index contributed by atoms with van der Waals surface area (Å²) >= 11 is 2.51. The molecule has 1 saturated heterocycles. The van der Waals surface area contributed by atoms with Gasteiger partial charge in [0.1, 0.15) is 29.8 Å². The molecule has 0 unspecified atom stereocenters. The van der Waals surface area contributed by atoms with Crippen molar-refractivity contribution in [2.75, 3.05) is 23.4 Å². The number of aliphatic hydroxyl groups is 1. The number of hydrogen-bond acceptors (Lipinski definition) is 13. The van der Waals surface area contributed by atoms with Gasteiger partial charge in [0, 0.05) is 24.2 Å². The SMILES string of the molecule is Cn1nnnc1SCC1=C(C(=O)O)N2C(=O)[C@@H](NC(=O)[C@H](O)c3ccc(NC(=O)OC[C@@H](N)C(=O)O)cc3)[C@H]2SC1. The fourth-order valence-electron chi connectivity index (χ4n) is 3.81. The summed E-state index contributed by atoms with van der Waals surface area (Å²) in [6.07, 6.45) is -2.62. The number of thioether (sulfide) groups is 2. The third-order valence-electron chi connectivity index (χ3n) is 5.94. The van der Waals surface area contributed by atoms with Crippen molar-refractivity contribution in [2.45, 2.75) is 28.7 Å². The van der Waals surface area contributed by atoms with Crippen LogP contribution in [0.1, 0.15) is 11.7 Å².